The summed E-state index contributed by atoms with van der Waals surface area (Å²) in [5.74, 6) is 2.27. The fraction of sp³-hybridized carbons (Fsp3) is 0.733. The first-order valence-corrected chi connectivity index (χ1v) is 6.58. The number of rotatable bonds is 0. The van der Waals surface area contributed by atoms with Gasteiger partial charge in [-0.15, -0.1) is 0 Å². The third kappa shape index (κ3) is 1.27. The molecule has 2 aliphatic heterocycles. The Morgan fingerprint density at radius 1 is 1.38 bits per heavy atom. The van der Waals surface area contributed by atoms with Crippen molar-refractivity contribution in [3.8, 4) is 0 Å². The van der Waals surface area contributed by atoms with Gasteiger partial charge >= 0.3 is 0 Å². The zero-order chi connectivity index (χ0) is 11.4. The molecule has 3 fully saturated rings. The van der Waals surface area contributed by atoms with E-state index >= 15 is 0 Å². The fourth-order valence-corrected chi connectivity index (χ4v) is 3.98. The molecule has 16 heavy (non-hydrogen) atoms. The van der Waals surface area contributed by atoms with Crippen molar-refractivity contribution in [2.75, 3.05) is 0 Å². The van der Waals surface area contributed by atoms with Gasteiger partial charge in [-0.25, -0.2) is 0 Å². The number of ether oxygens (including phenoxy) is 1. The number of hydrogen-bond donors (Lipinski definition) is 0. The topological polar surface area (TPSA) is 9.23 Å². The van der Waals surface area contributed by atoms with Gasteiger partial charge < -0.3 is 4.74 Å². The van der Waals surface area contributed by atoms with E-state index in [1.54, 1.807) is 5.57 Å². The highest BCUT2D eigenvalue weighted by atomic mass is 16.5. The first-order chi connectivity index (χ1) is 7.59. The summed E-state index contributed by atoms with van der Waals surface area (Å²) in [6.07, 6.45) is 5.75. The molecule has 2 aliphatic carbocycles. The molecule has 88 valence electrons. The van der Waals surface area contributed by atoms with Crippen molar-refractivity contribution in [3.63, 3.8) is 0 Å². The summed E-state index contributed by atoms with van der Waals surface area (Å²) in [5, 5.41) is 0. The lowest BCUT2D eigenvalue weighted by Gasteiger charge is -2.55. The first-order valence-electron chi connectivity index (χ1n) is 6.58. The minimum Gasteiger partial charge on any atom is -0.369 e. The molecule has 4 aliphatic rings. The average Bonchev–Trinajstić information content (AvgIpc) is 2.27. The zero-order valence-electron chi connectivity index (χ0n) is 10.8. The molecule has 1 nitrogen and oxygen atoms in total. The maximum Gasteiger partial charge on any atom is 0.0854 e. The molecule has 1 saturated carbocycles. The Morgan fingerprint density at radius 3 is 2.81 bits per heavy atom. The van der Waals surface area contributed by atoms with Crippen molar-refractivity contribution in [2.24, 2.45) is 17.8 Å². The van der Waals surface area contributed by atoms with Crippen molar-refractivity contribution in [3.05, 3.63) is 22.8 Å². The molecule has 0 aromatic heterocycles. The monoisotopic (exact) mass is 218 g/mol. The second kappa shape index (κ2) is 3.46. The van der Waals surface area contributed by atoms with Crippen LogP contribution < -0.4 is 0 Å². The van der Waals surface area contributed by atoms with Gasteiger partial charge in [0.15, 0.2) is 0 Å². The van der Waals surface area contributed by atoms with Gasteiger partial charge in [0.05, 0.1) is 12.2 Å². The molecule has 2 saturated heterocycles. The minimum atomic E-state index is 0.401. The second-order valence-electron chi connectivity index (χ2n) is 6.06. The van der Waals surface area contributed by atoms with Gasteiger partial charge in [0.1, 0.15) is 0 Å². The van der Waals surface area contributed by atoms with Crippen LogP contribution in [-0.2, 0) is 4.74 Å². The Labute approximate surface area is 98.6 Å². The molecular formula is C15H22O. The molecule has 1 heteroatoms. The molecule has 4 rings (SSSR count). The Morgan fingerprint density at radius 2 is 2.12 bits per heavy atom. The zero-order valence-corrected chi connectivity index (χ0v) is 10.8. The summed E-state index contributed by atoms with van der Waals surface area (Å²) in [5.41, 5.74) is 4.71. The van der Waals surface area contributed by atoms with E-state index in [1.165, 1.54) is 24.0 Å². The van der Waals surface area contributed by atoms with Crippen molar-refractivity contribution < 1.29 is 4.74 Å². The third-order valence-corrected chi connectivity index (χ3v) is 5.00. The molecular weight excluding hydrogens is 196 g/mol. The van der Waals surface area contributed by atoms with E-state index in [-0.39, 0.29) is 0 Å². The van der Waals surface area contributed by atoms with Crippen LogP contribution in [0.2, 0.25) is 0 Å². The Bertz CT molecular complexity index is 373. The second-order valence-corrected chi connectivity index (χ2v) is 6.06. The van der Waals surface area contributed by atoms with Gasteiger partial charge in [0.2, 0.25) is 0 Å². The molecule has 0 spiro atoms. The molecule has 0 amide bonds. The standard InChI is InChI=1S/C15H22O/c1-8(2)12-7-13-10(4)11-6-5-9(3)15(16-13)14(11)12/h5,10-11,13-15H,6-7H2,1-4H3/t10-,11-,13-,14-,15-/m1/s1. The van der Waals surface area contributed by atoms with Gasteiger partial charge in [0, 0.05) is 5.92 Å². The largest absolute Gasteiger partial charge is 0.369 e. The summed E-state index contributed by atoms with van der Waals surface area (Å²) in [7, 11) is 0. The predicted molar refractivity (Wildman–Crippen MR) is 66.2 cm³/mol. The number of hydrogen-bond acceptors (Lipinski definition) is 1. The van der Waals surface area contributed by atoms with Gasteiger partial charge in [-0.05, 0) is 51.0 Å². The van der Waals surface area contributed by atoms with Crippen LogP contribution in [0, 0.1) is 17.8 Å². The lowest BCUT2D eigenvalue weighted by Crippen LogP contribution is -2.54. The van der Waals surface area contributed by atoms with Crippen LogP contribution in [0.3, 0.4) is 0 Å². The SMILES string of the molecule is CC1=CC[C@@H]2[C@@H](C)[C@H]3CC(=C(C)C)[C@@H]2[C@@H]1O3. The molecule has 4 bridgehead atoms. The van der Waals surface area contributed by atoms with Crippen molar-refractivity contribution in [2.45, 2.75) is 52.7 Å². The van der Waals surface area contributed by atoms with Crippen molar-refractivity contribution in [1.82, 2.24) is 0 Å². The minimum absolute atomic E-state index is 0.401. The van der Waals surface area contributed by atoms with E-state index in [0.717, 1.165) is 11.8 Å². The van der Waals surface area contributed by atoms with E-state index in [2.05, 4.69) is 33.8 Å². The smallest absolute Gasteiger partial charge is 0.0854 e. The summed E-state index contributed by atoms with van der Waals surface area (Å²) in [4.78, 5) is 0. The van der Waals surface area contributed by atoms with Crippen LogP contribution in [0.15, 0.2) is 22.8 Å². The normalized spacial score (nSPS) is 45.6. The molecule has 5 atom stereocenters. The van der Waals surface area contributed by atoms with Crippen LogP contribution >= 0.6 is 0 Å². The average molecular weight is 218 g/mol. The van der Waals surface area contributed by atoms with E-state index in [9.17, 15) is 0 Å². The molecule has 0 aromatic carbocycles. The molecule has 2 heterocycles. The fourth-order valence-electron chi connectivity index (χ4n) is 3.98. The van der Waals surface area contributed by atoms with E-state index in [4.69, 9.17) is 4.74 Å². The maximum atomic E-state index is 6.26. The summed E-state index contributed by atoms with van der Waals surface area (Å²) in [6.45, 7) is 9.18. The van der Waals surface area contributed by atoms with Gasteiger partial charge in [-0.3, -0.25) is 0 Å². The Kier molecular flexibility index (Phi) is 2.29. The summed E-state index contributed by atoms with van der Waals surface area (Å²) >= 11 is 0. The quantitative estimate of drug-likeness (QED) is 0.563. The highest BCUT2D eigenvalue weighted by Gasteiger charge is 2.51. The van der Waals surface area contributed by atoms with Crippen molar-refractivity contribution >= 4 is 0 Å². The highest BCUT2D eigenvalue weighted by Crippen LogP contribution is 2.54. The van der Waals surface area contributed by atoms with E-state index < -0.39 is 0 Å². The molecule has 0 aromatic rings. The molecule has 0 unspecified atom stereocenters. The third-order valence-electron chi connectivity index (χ3n) is 5.00. The number of fused-ring (bicyclic) bond motifs is 1. The van der Waals surface area contributed by atoms with Crippen LogP contribution in [0.5, 0.6) is 0 Å². The number of allylic oxidation sites excluding steroid dienone is 2. The van der Waals surface area contributed by atoms with Crippen LogP contribution in [0.4, 0.5) is 0 Å². The van der Waals surface area contributed by atoms with Crippen LogP contribution in [0.1, 0.15) is 40.5 Å². The molecule has 0 N–H and O–H groups in total. The lowest BCUT2D eigenvalue weighted by molar-refractivity contribution is -0.146. The Balaban J connectivity index is 2.07. The van der Waals surface area contributed by atoms with Gasteiger partial charge in [0.25, 0.3) is 0 Å². The highest BCUT2D eigenvalue weighted by molar-refractivity contribution is 5.31. The molecule has 0 radical (unpaired) electrons. The van der Waals surface area contributed by atoms with Crippen LogP contribution in [-0.4, -0.2) is 12.2 Å². The predicted octanol–water partition coefficient (Wildman–Crippen LogP) is 3.71. The summed E-state index contributed by atoms with van der Waals surface area (Å²) in [6, 6.07) is 0. The first kappa shape index (κ1) is 10.6. The maximum absolute atomic E-state index is 6.26. The van der Waals surface area contributed by atoms with Gasteiger partial charge in [-0.2, -0.15) is 0 Å². The van der Waals surface area contributed by atoms with E-state index in [0.29, 0.717) is 18.1 Å². The van der Waals surface area contributed by atoms with Crippen LogP contribution in [0.25, 0.3) is 0 Å². The summed E-state index contributed by atoms with van der Waals surface area (Å²) < 4.78 is 6.26. The van der Waals surface area contributed by atoms with Crippen molar-refractivity contribution in [1.29, 1.82) is 0 Å². The van der Waals surface area contributed by atoms with Gasteiger partial charge in [-0.1, -0.05) is 24.1 Å². The Hall–Kier alpha value is -0.560. The lowest BCUT2D eigenvalue weighted by atomic mass is 9.59. The van der Waals surface area contributed by atoms with E-state index in [1.807, 2.05) is 0 Å².